The third kappa shape index (κ3) is 11.5. The first-order valence-corrected chi connectivity index (χ1v) is 19.7. The van der Waals surface area contributed by atoms with Crippen molar-refractivity contribution in [1.29, 1.82) is 0 Å². The van der Waals surface area contributed by atoms with E-state index < -0.39 is 37.0 Å². The Balaban J connectivity index is 1.33. The number of carboxylic acids is 2. The van der Waals surface area contributed by atoms with Crippen LogP contribution in [0, 0.1) is 5.92 Å². The van der Waals surface area contributed by atoms with E-state index >= 15 is 0 Å². The zero-order valence-electron chi connectivity index (χ0n) is 33.9. The second-order valence-electron chi connectivity index (χ2n) is 14.2. The Hall–Kier alpha value is -6.19. The number of nitrogens with one attached hydrogen (secondary N) is 2. The topological polar surface area (TPSA) is 193 Å². The summed E-state index contributed by atoms with van der Waals surface area (Å²) in [6.45, 7) is 9.39. The zero-order valence-corrected chi connectivity index (χ0v) is 33.9. The molecule has 3 amide bonds. The van der Waals surface area contributed by atoms with Crippen molar-refractivity contribution in [2.45, 2.75) is 40.7 Å². The van der Waals surface area contributed by atoms with Crippen molar-refractivity contribution in [3.8, 4) is 11.5 Å². The molecule has 0 fully saturated rings. The first-order chi connectivity index (χ1) is 28.4. The maximum Gasteiger partial charge on any atom is 0.329 e. The predicted molar refractivity (Wildman–Crippen MR) is 222 cm³/mol. The maximum atomic E-state index is 13.8. The van der Waals surface area contributed by atoms with Crippen LogP contribution in [0.4, 0.5) is 11.4 Å². The summed E-state index contributed by atoms with van der Waals surface area (Å²) in [5.41, 5.74) is 4.32. The van der Waals surface area contributed by atoms with Crippen molar-refractivity contribution in [3.05, 3.63) is 94.5 Å². The maximum absolute atomic E-state index is 13.8. The fraction of sp³-hybridized carbons (Fsp3) is 0.386. The van der Waals surface area contributed by atoms with Gasteiger partial charge in [0.1, 0.15) is 24.7 Å². The number of anilines is 2. The third-order valence-corrected chi connectivity index (χ3v) is 9.47. The van der Waals surface area contributed by atoms with Crippen molar-refractivity contribution in [2.24, 2.45) is 5.92 Å². The summed E-state index contributed by atoms with van der Waals surface area (Å²) in [5.74, 6) is -1.68. The highest BCUT2D eigenvalue weighted by molar-refractivity contribution is 6.26. The Morgan fingerprint density at radius 1 is 0.797 bits per heavy atom. The third-order valence-electron chi connectivity index (χ3n) is 9.47. The molecule has 0 aromatic heterocycles. The molecule has 0 saturated carbocycles. The SMILES string of the molecule is CCOc1cc(N(CCOCC(=O)O)CCOCC(=O)O)c(OCC)cc1CCNc1ccc2c3c(cccc13)C(=O)N(Cc1ccc(C(=O)NCC(C)C)cc1)C2=O. The lowest BCUT2D eigenvalue weighted by Crippen LogP contribution is -2.39. The average molecular weight is 813 g/mol. The number of nitrogens with zero attached hydrogens (tertiary/aromatic N) is 2. The zero-order chi connectivity index (χ0) is 42.5. The fourth-order valence-electron chi connectivity index (χ4n) is 6.73. The molecule has 1 aliphatic heterocycles. The molecular formula is C44H52N4O11. The molecule has 0 bridgehead atoms. The Kier molecular flexibility index (Phi) is 15.6. The van der Waals surface area contributed by atoms with Crippen LogP contribution in [0.2, 0.25) is 0 Å². The predicted octanol–water partition coefficient (Wildman–Crippen LogP) is 5.48. The minimum absolute atomic E-state index is 0.0564. The Morgan fingerprint density at radius 2 is 1.42 bits per heavy atom. The van der Waals surface area contributed by atoms with E-state index in [0.717, 1.165) is 22.2 Å². The van der Waals surface area contributed by atoms with Gasteiger partial charge in [-0.05, 0) is 73.7 Å². The molecule has 314 valence electrons. The smallest absolute Gasteiger partial charge is 0.329 e. The number of aliphatic carboxylic acids is 2. The number of hydrogen-bond donors (Lipinski definition) is 4. The van der Waals surface area contributed by atoms with Crippen molar-refractivity contribution in [2.75, 3.05) is 76.0 Å². The number of imide groups is 1. The van der Waals surface area contributed by atoms with Crippen LogP contribution in [-0.2, 0) is 32.0 Å². The standard InChI is InChI=1S/C44H52N4O11/c1-5-58-37-23-36(47(18-20-56-26-39(49)50)19-21-57-27-40(51)52)38(59-6-2)22-31(37)16-17-45-35-15-14-34-41-32(35)8-7-9-33(41)43(54)48(44(34)55)25-29-10-12-30(13-11-29)42(53)46-24-28(3)4/h7-15,22-23,28,45H,5-6,16-21,24-27H2,1-4H3,(H,46,53)(H,49,50)(H,51,52). The summed E-state index contributed by atoms with van der Waals surface area (Å²) in [6.07, 6.45) is 0.506. The van der Waals surface area contributed by atoms with E-state index in [1.165, 1.54) is 4.90 Å². The second kappa shape index (κ2) is 21.0. The second-order valence-corrected chi connectivity index (χ2v) is 14.2. The van der Waals surface area contributed by atoms with Gasteiger partial charge in [-0.15, -0.1) is 0 Å². The molecule has 0 spiro atoms. The number of carbonyl (C=O) groups is 5. The van der Waals surface area contributed by atoms with Crippen LogP contribution < -0.4 is 25.0 Å². The van der Waals surface area contributed by atoms with E-state index in [1.54, 1.807) is 42.5 Å². The van der Waals surface area contributed by atoms with Crippen LogP contribution in [0.5, 0.6) is 11.5 Å². The lowest BCUT2D eigenvalue weighted by Gasteiger charge is -2.28. The van der Waals surface area contributed by atoms with E-state index in [1.807, 2.05) is 56.9 Å². The molecule has 0 saturated heterocycles. The minimum Gasteiger partial charge on any atom is -0.494 e. The van der Waals surface area contributed by atoms with E-state index in [0.29, 0.717) is 77.9 Å². The first-order valence-electron chi connectivity index (χ1n) is 19.7. The van der Waals surface area contributed by atoms with Crippen LogP contribution in [-0.4, -0.2) is 111 Å². The van der Waals surface area contributed by atoms with E-state index in [-0.39, 0.29) is 38.8 Å². The molecule has 4 aromatic carbocycles. The van der Waals surface area contributed by atoms with E-state index in [4.69, 9.17) is 29.2 Å². The Bertz CT molecular complexity index is 2090. The molecule has 5 rings (SSSR count). The van der Waals surface area contributed by atoms with E-state index in [2.05, 4.69) is 10.6 Å². The molecule has 59 heavy (non-hydrogen) atoms. The molecule has 0 aliphatic carbocycles. The summed E-state index contributed by atoms with van der Waals surface area (Å²) in [7, 11) is 0. The van der Waals surface area contributed by atoms with Gasteiger partial charge >= 0.3 is 11.9 Å². The van der Waals surface area contributed by atoms with Crippen LogP contribution in [0.1, 0.15) is 69.9 Å². The van der Waals surface area contributed by atoms with Gasteiger partial charge in [-0.1, -0.05) is 38.1 Å². The molecule has 15 nitrogen and oxygen atoms in total. The average Bonchev–Trinajstić information content (AvgIpc) is 3.21. The number of benzene rings is 4. The summed E-state index contributed by atoms with van der Waals surface area (Å²) in [6, 6.07) is 19.6. The molecule has 4 aromatic rings. The van der Waals surface area contributed by atoms with Crippen LogP contribution in [0.15, 0.2) is 66.7 Å². The minimum atomic E-state index is -1.09. The summed E-state index contributed by atoms with van der Waals surface area (Å²) in [5, 5.41) is 25.7. The van der Waals surface area contributed by atoms with Gasteiger partial charge in [0.05, 0.1) is 38.7 Å². The van der Waals surface area contributed by atoms with Crippen LogP contribution >= 0.6 is 0 Å². The van der Waals surface area contributed by atoms with Gasteiger partial charge in [-0.3, -0.25) is 19.3 Å². The number of carboxylic acid groups (broad SMARTS) is 2. The van der Waals surface area contributed by atoms with E-state index in [9.17, 15) is 24.0 Å². The lowest BCUT2D eigenvalue weighted by atomic mass is 9.92. The number of amides is 3. The first kappa shape index (κ1) is 43.9. The van der Waals surface area contributed by atoms with Crippen LogP contribution in [0.3, 0.4) is 0 Å². The summed E-state index contributed by atoms with van der Waals surface area (Å²) >= 11 is 0. The van der Waals surface area contributed by atoms with Crippen molar-refractivity contribution in [1.82, 2.24) is 10.2 Å². The molecule has 4 N–H and O–H groups in total. The van der Waals surface area contributed by atoms with Crippen molar-refractivity contribution >= 4 is 51.8 Å². The Labute approximate surface area is 343 Å². The van der Waals surface area contributed by atoms with Gasteiger partial charge in [-0.25, -0.2) is 9.59 Å². The number of hydrogen-bond acceptors (Lipinski definition) is 11. The van der Waals surface area contributed by atoms with Crippen molar-refractivity contribution < 1.29 is 53.1 Å². The van der Waals surface area contributed by atoms with Gasteiger partial charge in [0, 0.05) is 65.4 Å². The molecule has 0 atom stereocenters. The van der Waals surface area contributed by atoms with Gasteiger partial charge in [0.25, 0.3) is 17.7 Å². The van der Waals surface area contributed by atoms with Gasteiger partial charge in [0.15, 0.2) is 0 Å². The molecule has 1 aliphatic rings. The summed E-state index contributed by atoms with van der Waals surface area (Å²) < 4.78 is 22.8. The highest BCUT2D eigenvalue weighted by atomic mass is 16.5. The quantitative estimate of drug-likeness (QED) is 0.0514. The normalized spacial score (nSPS) is 12.2. The van der Waals surface area contributed by atoms with Gasteiger partial charge < -0.3 is 44.7 Å². The lowest BCUT2D eigenvalue weighted by molar-refractivity contribution is -0.142. The van der Waals surface area contributed by atoms with Crippen molar-refractivity contribution in [3.63, 3.8) is 0 Å². The molecule has 0 radical (unpaired) electrons. The monoisotopic (exact) mass is 812 g/mol. The summed E-state index contributed by atoms with van der Waals surface area (Å²) in [4.78, 5) is 65.3. The Morgan fingerprint density at radius 3 is 2.03 bits per heavy atom. The number of carbonyl (C=O) groups excluding carboxylic acids is 3. The number of rotatable bonds is 24. The fourth-order valence-corrected chi connectivity index (χ4v) is 6.73. The highest BCUT2D eigenvalue weighted by Gasteiger charge is 2.33. The van der Waals surface area contributed by atoms with Gasteiger partial charge in [-0.2, -0.15) is 0 Å². The highest BCUT2D eigenvalue weighted by Crippen LogP contribution is 2.38. The number of ether oxygens (including phenoxy) is 4. The van der Waals surface area contributed by atoms with Crippen LogP contribution in [0.25, 0.3) is 10.8 Å². The molecule has 1 heterocycles. The molecular weight excluding hydrogens is 761 g/mol. The molecule has 15 heteroatoms. The largest absolute Gasteiger partial charge is 0.494 e. The van der Waals surface area contributed by atoms with Gasteiger partial charge in [0.2, 0.25) is 0 Å². The molecule has 0 unspecified atom stereocenters.